The van der Waals surface area contributed by atoms with Gasteiger partial charge in [0.1, 0.15) is 0 Å². The number of rotatable bonds is 3. The molecule has 0 bridgehead atoms. The molecule has 3 aromatic carbocycles. The molecule has 0 unspecified atom stereocenters. The summed E-state index contributed by atoms with van der Waals surface area (Å²) in [6.07, 6.45) is 0.812. The molecule has 0 aromatic heterocycles. The summed E-state index contributed by atoms with van der Waals surface area (Å²) in [5, 5.41) is 13.9. The van der Waals surface area contributed by atoms with Gasteiger partial charge in [0.05, 0.1) is 15.5 Å². The van der Waals surface area contributed by atoms with Crippen molar-refractivity contribution in [3.8, 4) is 11.1 Å². The lowest BCUT2D eigenvalue weighted by Crippen LogP contribution is -2.13. The van der Waals surface area contributed by atoms with Gasteiger partial charge in [-0.25, -0.2) is 0 Å². The molecule has 4 rings (SSSR count). The van der Waals surface area contributed by atoms with Gasteiger partial charge >= 0.3 is 0 Å². The number of nitro benzene ring substituents is 1. The second-order valence-corrected chi connectivity index (χ2v) is 6.49. The third-order valence-corrected chi connectivity index (χ3v) is 4.79. The van der Waals surface area contributed by atoms with Gasteiger partial charge in [-0.2, -0.15) is 0 Å². The van der Waals surface area contributed by atoms with Crippen molar-refractivity contribution in [2.75, 3.05) is 5.32 Å². The molecular formula is C20H13ClN2O3. The van der Waals surface area contributed by atoms with Gasteiger partial charge in [0.2, 0.25) is 0 Å². The Morgan fingerprint density at radius 1 is 1.00 bits per heavy atom. The lowest BCUT2D eigenvalue weighted by molar-refractivity contribution is -0.384. The van der Waals surface area contributed by atoms with Crippen LogP contribution in [0.5, 0.6) is 0 Å². The standard InChI is InChI=1S/C20H13ClN2O3/c21-19-8-6-15(23(25)26)11-18(19)20(24)22-14-5-7-17-13(10-14)9-12-3-1-2-4-16(12)17/h1-8,10-11H,9H2,(H,22,24). The first kappa shape index (κ1) is 16.3. The van der Waals surface area contributed by atoms with Crippen LogP contribution in [0.2, 0.25) is 5.02 Å². The van der Waals surface area contributed by atoms with Gasteiger partial charge in [0.25, 0.3) is 11.6 Å². The fourth-order valence-corrected chi connectivity index (χ4v) is 3.43. The molecule has 26 heavy (non-hydrogen) atoms. The van der Waals surface area contributed by atoms with Crippen molar-refractivity contribution >= 4 is 28.9 Å². The molecule has 0 spiro atoms. The quantitative estimate of drug-likeness (QED) is 0.407. The number of anilines is 1. The molecule has 1 aliphatic carbocycles. The highest BCUT2D eigenvalue weighted by Gasteiger charge is 2.20. The summed E-state index contributed by atoms with van der Waals surface area (Å²) in [6, 6.07) is 17.7. The summed E-state index contributed by atoms with van der Waals surface area (Å²) in [4.78, 5) is 22.9. The van der Waals surface area contributed by atoms with E-state index in [4.69, 9.17) is 11.6 Å². The molecule has 0 saturated carbocycles. The molecule has 0 heterocycles. The third-order valence-electron chi connectivity index (χ3n) is 4.46. The third kappa shape index (κ3) is 2.82. The van der Waals surface area contributed by atoms with Crippen molar-refractivity contribution in [2.45, 2.75) is 6.42 Å². The van der Waals surface area contributed by atoms with Crippen molar-refractivity contribution in [1.82, 2.24) is 0 Å². The Morgan fingerprint density at radius 3 is 2.58 bits per heavy atom. The van der Waals surface area contributed by atoms with Gasteiger partial charge in [0, 0.05) is 17.8 Å². The molecule has 1 N–H and O–H groups in total. The molecule has 6 heteroatoms. The van der Waals surface area contributed by atoms with Gasteiger partial charge in [-0.05, 0) is 46.9 Å². The monoisotopic (exact) mass is 364 g/mol. The average molecular weight is 365 g/mol. The van der Waals surface area contributed by atoms with Crippen molar-refractivity contribution in [1.29, 1.82) is 0 Å². The number of halogens is 1. The van der Waals surface area contributed by atoms with Crippen LogP contribution < -0.4 is 5.32 Å². The summed E-state index contributed by atoms with van der Waals surface area (Å²) in [7, 11) is 0. The van der Waals surface area contributed by atoms with E-state index in [1.165, 1.54) is 29.3 Å². The van der Waals surface area contributed by atoms with Gasteiger partial charge < -0.3 is 5.32 Å². The first-order valence-electron chi connectivity index (χ1n) is 7.99. The molecule has 0 saturated heterocycles. The van der Waals surface area contributed by atoms with Crippen LogP contribution >= 0.6 is 11.6 Å². The van der Waals surface area contributed by atoms with E-state index >= 15 is 0 Å². The zero-order valence-electron chi connectivity index (χ0n) is 13.5. The van der Waals surface area contributed by atoms with E-state index < -0.39 is 10.8 Å². The number of nitrogens with one attached hydrogen (secondary N) is 1. The van der Waals surface area contributed by atoms with Crippen LogP contribution in [0.4, 0.5) is 11.4 Å². The maximum Gasteiger partial charge on any atom is 0.270 e. The summed E-state index contributed by atoms with van der Waals surface area (Å²) < 4.78 is 0. The van der Waals surface area contributed by atoms with Crippen molar-refractivity contribution in [3.05, 3.63) is 92.5 Å². The molecule has 0 radical (unpaired) electrons. The Hall–Kier alpha value is -3.18. The van der Waals surface area contributed by atoms with Crippen LogP contribution in [-0.4, -0.2) is 10.8 Å². The Kier molecular flexibility index (Phi) is 3.93. The van der Waals surface area contributed by atoms with Crippen LogP contribution in [0.25, 0.3) is 11.1 Å². The Morgan fingerprint density at radius 2 is 1.77 bits per heavy atom. The van der Waals surface area contributed by atoms with Crippen molar-refractivity contribution in [2.24, 2.45) is 0 Å². The Labute approximate surface area is 154 Å². The number of amides is 1. The molecule has 1 amide bonds. The van der Waals surface area contributed by atoms with Gasteiger partial charge in [-0.3, -0.25) is 14.9 Å². The summed E-state index contributed by atoms with van der Waals surface area (Å²) in [5.74, 6) is -0.478. The summed E-state index contributed by atoms with van der Waals surface area (Å²) >= 11 is 6.03. The highest BCUT2D eigenvalue weighted by Crippen LogP contribution is 2.37. The van der Waals surface area contributed by atoms with Gasteiger partial charge in [-0.15, -0.1) is 0 Å². The minimum Gasteiger partial charge on any atom is -0.322 e. The maximum atomic E-state index is 12.5. The number of fused-ring (bicyclic) bond motifs is 3. The molecule has 128 valence electrons. The predicted octanol–water partition coefficient (Wildman–Crippen LogP) is 5.07. The number of benzene rings is 3. The van der Waals surface area contributed by atoms with Gasteiger partial charge in [0.15, 0.2) is 0 Å². The van der Waals surface area contributed by atoms with Crippen molar-refractivity contribution < 1.29 is 9.72 Å². The number of non-ortho nitro benzene ring substituents is 1. The number of nitrogens with zero attached hydrogens (tertiary/aromatic N) is 1. The van der Waals surface area contributed by atoms with Crippen LogP contribution in [0, 0.1) is 10.1 Å². The first-order chi connectivity index (χ1) is 12.5. The molecule has 3 aromatic rings. The summed E-state index contributed by atoms with van der Waals surface area (Å²) in [5.41, 5.74) is 5.29. The summed E-state index contributed by atoms with van der Waals surface area (Å²) in [6.45, 7) is 0. The van der Waals surface area contributed by atoms with E-state index in [1.54, 1.807) is 0 Å². The highest BCUT2D eigenvalue weighted by molar-refractivity contribution is 6.34. The highest BCUT2D eigenvalue weighted by atomic mass is 35.5. The molecule has 0 aliphatic heterocycles. The van der Waals surface area contributed by atoms with Crippen molar-refractivity contribution in [3.63, 3.8) is 0 Å². The lowest BCUT2D eigenvalue weighted by atomic mass is 10.1. The maximum absolute atomic E-state index is 12.5. The normalized spacial score (nSPS) is 11.6. The molecule has 5 nitrogen and oxygen atoms in total. The second kappa shape index (κ2) is 6.28. The minimum absolute atomic E-state index is 0.0738. The van der Waals surface area contributed by atoms with Crippen LogP contribution in [0.1, 0.15) is 21.5 Å². The van der Waals surface area contributed by atoms with E-state index in [2.05, 4.69) is 17.4 Å². The van der Waals surface area contributed by atoms with E-state index in [-0.39, 0.29) is 16.3 Å². The number of nitro groups is 1. The van der Waals surface area contributed by atoms with E-state index in [1.807, 2.05) is 30.3 Å². The van der Waals surface area contributed by atoms with Crippen LogP contribution in [0.15, 0.2) is 60.7 Å². The average Bonchev–Trinajstić information content (AvgIpc) is 2.99. The molecular weight excluding hydrogens is 352 g/mol. The molecule has 0 atom stereocenters. The minimum atomic E-state index is -0.556. The zero-order valence-corrected chi connectivity index (χ0v) is 14.3. The van der Waals surface area contributed by atoms with E-state index in [9.17, 15) is 14.9 Å². The molecule has 0 fully saturated rings. The van der Waals surface area contributed by atoms with Gasteiger partial charge in [-0.1, -0.05) is 41.9 Å². The Balaban J connectivity index is 1.61. The lowest BCUT2D eigenvalue weighted by Gasteiger charge is -2.09. The first-order valence-corrected chi connectivity index (χ1v) is 8.37. The SMILES string of the molecule is O=C(Nc1ccc2c(c1)Cc1ccccc1-2)c1cc([N+](=O)[O-])ccc1Cl. The molecule has 1 aliphatic rings. The number of carbonyl (C=O) groups excluding carboxylic acids is 1. The van der Waals surface area contributed by atoms with Crippen LogP contribution in [-0.2, 0) is 6.42 Å². The Bertz CT molecular complexity index is 1060. The number of hydrogen-bond acceptors (Lipinski definition) is 3. The zero-order chi connectivity index (χ0) is 18.3. The van der Waals surface area contributed by atoms with E-state index in [0.717, 1.165) is 17.5 Å². The van der Waals surface area contributed by atoms with Crippen LogP contribution in [0.3, 0.4) is 0 Å². The fraction of sp³-hybridized carbons (Fsp3) is 0.0500. The smallest absolute Gasteiger partial charge is 0.270 e. The van der Waals surface area contributed by atoms with E-state index in [0.29, 0.717) is 5.69 Å². The topological polar surface area (TPSA) is 72.2 Å². The largest absolute Gasteiger partial charge is 0.322 e. The fourth-order valence-electron chi connectivity index (χ4n) is 3.22. The number of hydrogen-bond donors (Lipinski definition) is 1. The predicted molar refractivity (Wildman–Crippen MR) is 101 cm³/mol. The number of carbonyl (C=O) groups is 1. The second-order valence-electron chi connectivity index (χ2n) is 6.08.